The number of fused-ring (bicyclic) bond motifs is 1. The van der Waals surface area contributed by atoms with Crippen LogP contribution in [-0.4, -0.2) is 31.4 Å². The molecule has 3 heterocycles. The van der Waals surface area contributed by atoms with Gasteiger partial charge in [-0.3, -0.25) is 5.01 Å². The summed E-state index contributed by atoms with van der Waals surface area (Å²) in [5.41, 5.74) is 2.05. The lowest BCUT2D eigenvalue weighted by molar-refractivity contribution is -0.137. The highest BCUT2D eigenvalue weighted by Crippen LogP contribution is 2.30. The Bertz CT molecular complexity index is 1360. The zero-order valence-corrected chi connectivity index (χ0v) is 17.3. The minimum Gasteiger partial charge on any atom is -0.340 e. The molecule has 0 spiro atoms. The zero-order chi connectivity index (χ0) is 23.9. The van der Waals surface area contributed by atoms with E-state index in [0.717, 1.165) is 18.2 Å². The number of hydrogen-bond acceptors (Lipinski definition) is 5. The summed E-state index contributed by atoms with van der Waals surface area (Å²) in [6.07, 6.45) is -2.89. The molecule has 0 amide bonds. The van der Waals surface area contributed by atoms with Crippen LogP contribution in [0.4, 0.5) is 22.0 Å². The number of nitrogens with zero attached hydrogens (tertiary/aromatic N) is 5. The fourth-order valence-corrected chi connectivity index (χ4v) is 3.54. The minimum atomic E-state index is -4.40. The number of aromatic nitrogens is 4. The van der Waals surface area contributed by atoms with Gasteiger partial charge in [-0.05, 0) is 36.4 Å². The van der Waals surface area contributed by atoms with Crippen molar-refractivity contribution in [3.8, 4) is 22.6 Å². The highest BCUT2D eigenvalue weighted by molar-refractivity contribution is 5.80. The van der Waals surface area contributed by atoms with Gasteiger partial charge in [0, 0.05) is 5.56 Å². The van der Waals surface area contributed by atoms with Crippen LogP contribution >= 0.6 is 0 Å². The third-order valence-corrected chi connectivity index (χ3v) is 5.27. The van der Waals surface area contributed by atoms with Crippen LogP contribution in [0, 0.1) is 11.6 Å². The first-order valence-corrected chi connectivity index (χ1v) is 10.1. The summed E-state index contributed by atoms with van der Waals surface area (Å²) in [6.45, 7) is 0.636. The molecular formula is C23H15F5N6. The largest absolute Gasteiger partial charge is 0.416 e. The lowest BCUT2D eigenvalue weighted by Crippen LogP contribution is -2.22. The Morgan fingerprint density at radius 3 is 2.44 bits per heavy atom. The number of halogens is 5. The standard InChI is InChI=1S/C23H15F5N6/c24-17-3-1-2-16(21(17)25)22-30-19-10-29-34(12-20(19)31-22)11-15-8-9-18(33-32-15)13-4-6-14(7-5-13)23(26,27)28/h1-10H,11-12H2,(H,30,31). The van der Waals surface area contributed by atoms with Gasteiger partial charge in [-0.2, -0.15) is 28.5 Å². The number of imidazole rings is 1. The van der Waals surface area contributed by atoms with E-state index in [1.54, 1.807) is 17.1 Å². The SMILES string of the molecule is Fc1cccc(-c2nc3c([nH]2)CN(Cc2ccc(-c4ccc(C(F)(F)F)cc4)nn2)N=C3)c1F. The maximum Gasteiger partial charge on any atom is 0.416 e. The van der Waals surface area contributed by atoms with Gasteiger partial charge >= 0.3 is 6.18 Å². The van der Waals surface area contributed by atoms with E-state index >= 15 is 0 Å². The maximum atomic E-state index is 14.1. The van der Waals surface area contributed by atoms with Gasteiger partial charge in [-0.15, -0.1) is 0 Å². The average Bonchev–Trinajstić information content (AvgIpc) is 3.24. The van der Waals surface area contributed by atoms with Gasteiger partial charge in [0.05, 0.1) is 47.5 Å². The van der Waals surface area contributed by atoms with E-state index in [-0.39, 0.29) is 11.4 Å². The molecule has 6 nitrogen and oxygen atoms in total. The first-order chi connectivity index (χ1) is 16.3. The molecule has 0 aliphatic carbocycles. The first kappa shape index (κ1) is 21.7. The normalized spacial score (nSPS) is 13.3. The predicted molar refractivity (Wildman–Crippen MR) is 113 cm³/mol. The molecule has 1 N–H and O–H groups in total. The van der Waals surface area contributed by atoms with Crippen molar-refractivity contribution >= 4 is 6.21 Å². The van der Waals surface area contributed by atoms with Gasteiger partial charge in [0.1, 0.15) is 11.5 Å². The average molecular weight is 470 g/mol. The third-order valence-electron chi connectivity index (χ3n) is 5.27. The van der Waals surface area contributed by atoms with Crippen LogP contribution in [0.5, 0.6) is 0 Å². The summed E-state index contributed by atoms with van der Waals surface area (Å²) in [6, 6.07) is 12.0. The Balaban J connectivity index is 1.28. The van der Waals surface area contributed by atoms with Crippen LogP contribution in [0.3, 0.4) is 0 Å². The van der Waals surface area contributed by atoms with E-state index < -0.39 is 23.4 Å². The van der Waals surface area contributed by atoms with Crippen molar-refractivity contribution in [1.82, 2.24) is 25.2 Å². The molecule has 0 unspecified atom stereocenters. The van der Waals surface area contributed by atoms with E-state index in [9.17, 15) is 22.0 Å². The molecule has 1 aliphatic rings. The first-order valence-electron chi connectivity index (χ1n) is 10.1. The van der Waals surface area contributed by atoms with Gasteiger partial charge in [0.2, 0.25) is 0 Å². The Hall–Kier alpha value is -4.15. The summed E-state index contributed by atoms with van der Waals surface area (Å²) in [4.78, 5) is 7.31. The fourth-order valence-electron chi connectivity index (χ4n) is 3.54. The second-order valence-electron chi connectivity index (χ2n) is 7.60. The van der Waals surface area contributed by atoms with E-state index in [2.05, 4.69) is 25.3 Å². The molecule has 4 aromatic rings. The number of benzene rings is 2. The van der Waals surface area contributed by atoms with Crippen molar-refractivity contribution in [3.05, 3.63) is 88.9 Å². The van der Waals surface area contributed by atoms with E-state index in [1.807, 2.05) is 0 Å². The quantitative estimate of drug-likeness (QED) is 0.418. The van der Waals surface area contributed by atoms with E-state index in [4.69, 9.17) is 0 Å². The molecule has 0 atom stereocenters. The molecule has 0 saturated heterocycles. The molecule has 2 aromatic heterocycles. The maximum absolute atomic E-state index is 14.1. The van der Waals surface area contributed by atoms with Gasteiger partial charge < -0.3 is 4.98 Å². The van der Waals surface area contributed by atoms with E-state index in [0.29, 0.717) is 41.4 Å². The molecule has 1 aliphatic heterocycles. The van der Waals surface area contributed by atoms with Crippen molar-refractivity contribution in [1.29, 1.82) is 0 Å². The summed E-state index contributed by atoms with van der Waals surface area (Å²) in [5.74, 6) is -1.73. The zero-order valence-electron chi connectivity index (χ0n) is 17.3. The summed E-state index contributed by atoms with van der Waals surface area (Å²) >= 11 is 0. The second kappa shape index (κ2) is 8.32. The number of hydrazone groups is 1. The molecule has 0 saturated carbocycles. The van der Waals surface area contributed by atoms with Crippen LogP contribution in [0.2, 0.25) is 0 Å². The van der Waals surface area contributed by atoms with Crippen molar-refractivity contribution < 1.29 is 22.0 Å². The molecule has 0 bridgehead atoms. The summed E-state index contributed by atoms with van der Waals surface area (Å²) < 4.78 is 65.8. The summed E-state index contributed by atoms with van der Waals surface area (Å²) in [7, 11) is 0. The van der Waals surface area contributed by atoms with Crippen LogP contribution in [0.15, 0.2) is 59.7 Å². The minimum absolute atomic E-state index is 0.0269. The molecule has 11 heteroatoms. The Kier molecular flexibility index (Phi) is 5.31. The predicted octanol–water partition coefficient (Wildman–Crippen LogP) is 5.18. The lowest BCUT2D eigenvalue weighted by atomic mass is 10.1. The number of H-pyrrole nitrogens is 1. The number of aromatic amines is 1. The van der Waals surface area contributed by atoms with Crippen molar-refractivity contribution in [2.45, 2.75) is 19.3 Å². The lowest BCUT2D eigenvalue weighted by Gasteiger charge is -2.20. The third kappa shape index (κ3) is 4.24. The van der Waals surface area contributed by atoms with Gasteiger partial charge in [0.25, 0.3) is 0 Å². The van der Waals surface area contributed by atoms with Crippen LogP contribution in [0.25, 0.3) is 22.6 Å². The van der Waals surface area contributed by atoms with Gasteiger partial charge in [-0.1, -0.05) is 18.2 Å². The Morgan fingerprint density at radius 2 is 1.74 bits per heavy atom. The number of nitrogens with one attached hydrogen (secondary N) is 1. The number of rotatable bonds is 4. The van der Waals surface area contributed by atoms with Crippen LogP contribution in [-0.2, 0) is 19.3 Å². The van der Waals surface area contributed by atoms with Gasteiger partial charge in [-0.25, -0.2) is 13.8 Å². The number of hydrogen-bond donors (Lipinski definition) is 1. The van der Waals surface area contributed by atoms with Crippen molar-refractivity contribution in [2.24, 2.45) is 5.10 Å². The highest BCUT2D eigenvalue weighted by Gasteiger charge is 2.30. The fraction of sp³-hybridized carbons (Fsp3) is 0.130. The number of alkyl halides is 3. The second-order valence-corrected chi connectivity index (χ2v) is 7.60. The smallest absolute Gasteiger partial charge is 0.340 e. The molecule has 0 fully saturated rings. The summed E-state index contributed by atoms with van der Waals surface area (Å²) in [5, 5.41) is 14.2. The van der Waals surface area contributed by atoms with Gasteiger partial charge in [0.15, 0.2) is 11.6 Å². The van der Waals surface area contributed by atoms with Crippen LogP contribution in [0.1, 0.15) is 22.6 Å². The van der Waals surface area contributed by atoms with E-state index in [1.165, 1.54) is 30.5 Å². The van der Waals surface area contributed by atoms with Crippen molar-refractivity contribution in [3.63, 3.8) is 0 Å². The molecule has 0 radical (unpaired) electrons. The Labute approximate surface area is 189 Å². The Morgan fingerprint density at radius 1 is 0.941 bits per heavy atom. The monoisotopic (exact) mass is 470 g/mol. The van der Waals surface area contributed by atoms with Crippen LogP contribution < -0.4 is 0 Å². The molecular weight excluding hydrogens is 455 g/mol. The van der Waals surface area contributed by atoms with Crippen molar-refractivity contribution in [2.75, 3.05) is 0 Å². The molecule has 34 heavy (non-hydrogen) atoms. The molecule has 5 rings (SSSR count). The topological polar surface area (TPSA) is 70.1 Å². The highest BCUT2D eigenvalue weighted by atomic mass is 19.4. The molecule has 2 aromatic carbocycles. The molecule has 172 valence electrons.